The number of aliphatic hydroxyl groups excluding tert-OH is 1. The lowest BCUT2D eigenvalue weighted by Gasteiger charge is -2.18. The number of hydrogen-bond donors (Lipinski definition) is 5. The molecule has 0 saturated heterocycles. The van der Waals surface area contributed by atoms with Crippen LogP contribution in [0.4, 0.5) is 0 Å². The topological polar surface area (TPSA) is 162 Å². The fourth-order valence-electron chi connectivity index (χ4n) is 3.67. The Morgan fingerprint density at radius 2 is 1.53 bits per heavy atom. The van der Waals surface area contributed by atoms with Crippen molar-refractivity contribution in [2.75, 3.05) is 6.54 Å². The Kier molecular flexibility index (Phi) is 8.75. The third-order valence-electron chi connectivity index (χ3n) is 5.57. The third-order valence-corrected chi connectivity index (χ3v) is 6.49. The fourth-order valence-corrected chi connectivity index (χ4v) is 4.09. The largest absolute Gasteiger partial charge is 0.375 e. The molecule has 3 amide bonds. The second-order valence-corrected chi connectivity index (χ2v) is 9.69. The van der Waals surface area contributed by atoms with Gasteiger partial charge in [0.25, 0.3) is 16.0 Å². The van der Waals surface area contributed by atoms with Gasteiger partial charge >= 0.3 is 11.8 Å². The summed E-state index contributed by atoms with van der Waals surface area (Å²) in [6.07, 6.45) is -0.490. The van der Waals surface area contributed by atoms with Crippen LogP contribution in [0.3, 0.4) is 0 Å². The second kappa shape index (κ2) is 11.8. The first-order valence-electron chi connectivity index (χ1n) is 11.1. The molecule has 10 nitrogen and oxygen atoms in total. The monoisotopic (exact) mass is 513 g/mol. The van der Waals surface area contributed by atoms with Gasteiger partial charge in [-0.3, -0.25) is 18.9 Å². The first-order chi connectivity index (χ1) is 17.1. The number of fused-ring (bicyclic) bond motifs is 1. The van der Waals surface area contributed by atoms with Crippen molar-refractivity contribution in [2.24, 2.45) is 0 Å². The molecule has 3 aromatic carbocycles. The van der Waals surface area contributed by atoms with Gasteiger partial charge in [-0.25, -0.2) is 0 Å². The van der Waals surface area contributed by atoms with Gasteiger partial charge in [-0.1, -0.05) is 60.7 Å². The minimum absolute atomic E-state index is 0.105. The molecule has 2 atom stereocenters. The molecule has 3 rings (SSSR count). The quantitative estimate of drug-likeness (QED) is 0.215. The number of aliphatic hydroxyl groups is 1. The molecule has 0 spiro atoms. The van der Waals surface area contributed by atoms with Gasteiger partial charge in [0.1, 0.15) is 0 Å². The van der Waals surface area contributed by atoms with E-state index >= 15 is 0 Å². The third kappa shape index (κ3) is 6.87. The molecule has 0 radical (unpaired) electrons. The Labute approximate surface area is 208 Å². The van der Waals surface area contributed by atoms with E-state index in [4.69, 9.17) is 4.55 Å². The van der Waals surface area contributed by atoms with Gasteiger partial charge in [0.15, 0.2) is 5.44 Å². The molecule has 36 heavy (non-hydrogen) atoms. The van der Waals surface area contributed by atoms with Crippen LogP contribution < -0.4 is 16.0 Å². The van der Waals surface area contributed by atoms with Gasteiger partial charge in [0.05, 0.1) is 6.04 Å². The molecule has 0 fully saturated rings. The zero-order valence-electron chi connectivity index (χ0n) is 19.5. The van der Waals surface area contributed by atoms with Crippen LogP contribution in [0.2, 0.25) is 0 Å². The highest BCUT2D eigenvalue weighted by molar-refractivity contribution is 7.86. The zero-order valence-corrected chi connectivity index (χ0v) is 20.3. The van der Waals surface area contributed by atoms with Crippen LogP contribution in [0, 0.1) is 0 Å². The summed E-state index contributed by atoms with van der Waals surface area (Å²) in [5, 5.41) is 18.9. The second-order valence-electron chi connectivity index (χ2n) is 8.12. The summed E-state index contributed by atoms with van der Waals surface area (Å²) in [4.78, 5) is 37.1. The Hall–Kier alpha value is -3.80. The number of rotatable bonds is 9. The van der Waals surface area contributed by atoms with Crippen LogP contribution in [0.1, 0.15) is 40.9 Å². The van der Waals surface area contributed by atoms with Crippen LogP contribution in [0.5, 0.6) is 0 Å². The van der Waals surface area contributed by atoms with Crippen LogP contribution in [-0.2, 0) is 26.3 Å². The minimum atomic E-state index is -4.65. The van der Waals surface area contributed by atoms with Crippen molar-refractivity contribution in [3.05, 3.63) is 83.4 Å². The van der Waals surface area contributed by atoms with E-state index in [-0.39, 0.29) is 25.0 Å². The van der Waals surface area contributed by atoms with Gasteiger partial charge in [0.2, 0.25) is 0 Å². The molecular weight excluding hydrogens is 486 g/mol. The predicted molar refractivity (Wildman–Crippen MR) is 133 cm³/mol. The lowest BCUT2D eigenvalue weighted by atomic mass is 9.99. The van der Waals surface area contributed by atoms with Gasteiger partial charge in [-0.2, -0.15) is 8.42 Å². The Morgan fingerprint density at radius 1 is 0.889 bits per heavy atom. The standard InChI is InChI=1S/C25H27N3O7S/c1-16(19-12-6-9-17-7-2-4-10-20(17)19)28-23(30)21-11-5-3-8-18(21)15-27-25(32)24(31)26-14-13-22(29)36(33,34)35/h2-12,16,22,29H,13-15H2,1H3,(H,26,31)(H,27,32)(H,28,30)(H,33,34,35)/t16-,22?/m1/s1. The van der Waals surface area contributed by atoms with Crippen molar-refractivity contribution >= 4 is 38.6 Å². The average molecular weight is 514 g/mol. The van der Waals surface area contributed by atoms with Crippen LogP contribution in [0.25, 0.3) is 10.8 Å². The van der Waals surface area contributed by atoms with Crippen molar-refractivity contribution in [3.63, 3.8) is 0 Å². The lowest BCUT2D eigenvalue weighted by molar-refractivity contribution is -0.139. The molecule has 0 heterocycles. The van der Waals surface area contributed by atoms with E-state index in [0.717, 1.165) is 16.3 Å². The number of carbonyl (C=O) groups is 3. The number of nitrogens with one attached hydrogen (secondary N) is 3. The lowest BCUT2D eigenvalue weighted by Crippen LogP contribution is -2.41. The smallest absolute Gasteiger partial charge is 0.309 e. The summed E-state index contributed by atoms with van der Waals surface area (Å²) >= 11 is 0. The molecule has 3 aromatic rings. The molecule has 0 aromatic heterocycles. The highest BCUT2D eigenvalue weighted by atomic mass is 32.2. The van der Waals surface area contributed by atoms with E-state index in [1.807, 2.05) is 49.4 Å². The molecule has 1 unspecified atom stereocenters. The summed E-state index contributed by atoms with van der Waals surface area (Å²) in [6, 6.07) is 20.1. The number of amides is 3. The molecular formula is C25H27N3O7S. The zero-order chi connectivity index (χ0) is 26.3. The fraction of sp³-hybridized carbons (Fsp3) is 0.240. The summed E-state index contributed by atoms with van der Waals surface area (Å²) in [5.74, 6) is -2.40. The van der Waals surface area contributed by atoms with E-state index in [0.29, 0.717) is 11.1 Å². The summed E-state index contributed by atoms with van der Waals surface area (Å²) in [5.41, 5.74) is -0.282. The van der Waals surface area contributed by atoms with Gasteiger partial charge in [-0.05, 0) is 34.9 Å². The number of benzene rings is 3. The van der Waals surface area contributed by atoms with E-state index in [1.165, 1.54) is 0 Å². The molecule has 0 aliphatic heterocycles. The first-order valence-corrected chi connectivity index (χ1v) is 12.6. The van der Waals surface area contributed by atoms with Crippen LogP contribution >= 0.6 is 0 Å². The summed E-state index contributed by atoms with van der Waals surface area (Å²) in [6.45, 7) is 1.43. The normalized spacial score (nSPS) is 13.0. The van der Waals surface area contributed by atoms with E-state index in [1.54, 1.807) is 24.3 Å². The predicted octanol–water partition coefficient (Wildman–Crippen LogP) is 1.66. The van der Waals surface area contributed by atoms with Crippen LogP contribution in [0.15, 0.2) is 66.7 Å². The molecule has 0 aliphatic carbocycles. The van der Waals surface area contributed by atoms with Crippen molar-refractivity contribution in [1.82, 2.24) is 16.0 Å². The van der Waals surface area contributed by atoms with E-state index < -0.39 is 33.8 Å². The highest BCUT2D eigenvalue weighted by Crippen LogP contribution is 2.24. The summed E-state index contributed by atoms with van der Waals surface area (Å²) in [7, 11) is -4.65. The molecule has 190 valence electrons. The maximum atomic E-state index is 13.1. The van der Waals surface area contributed by atoms with E-state index in [9.17, 15) is 27.9 Å². The highest BCUT2D eigenvalue weighted by Gasteiger charge is 2.21. The van der Waals surface area contributed by atoms with Crippen molar-refractivity contribution in [3.8, 4) is 0 Å². The minimum Gasteiger partial charge on any atom is -0.375 e. The molecule has 0 bridgehead atoms. The van der Waals surface area contributed by atoms with Gasteiger partial charge in [-0.15, -0.1) is 0 Å². The molecule has 0 aliphatic rings. The Balaban J connectivity index is 1.60. The van der Waals surface area contributed by atoms with E-state index in [2.05, 4.69) is 16.0 Å². The van der Waals surface area contributed by atoms with Crippen LogP contribution in [-0.4, -0.2) is 47.8 Å². The maximum absolute atomic E-state index is 13.1. The number of carbonyl (C=O) groups excluding carboxylic acids is 3. The maximum Gasteiger partial charge on any atom is 0.309 e. The van der Waals surface area contributed by atoms with Gasteiger partial charge in [0, 0.05) is 25.1 Å². The Bertz CT molecular complexity index is 1370. The Morgan fingerprint density at radius 3 is 2.28 bits per heavy atom. The first kappa shape index (κ1) is 26.8. The average Bonchev–Trinajstić information content (AvgIpc) is 2.86. The molecule has 0 saturated carbocycles. The van der Waals surface area contributed by atoms with Crippen molar-refractivity contribution < 1.29 is 32.5 Å². The van der Waals surface area contributed by atoms with Gasteiger partial charge < -0.3 is 21.1 Å². The SMILES string of the molecule is C[C@@H](NC(=O)c1ccccc1CNC(=O)C(=O)NCCC(O)S(=O)(=O)O)c1cccc2ccccc12. The van der Waals surface area contributed by atoms with Crippen molar-refractivity contribution in [2.45, 2.75) is 31.4 Å². The molecule has 11 heteroatoms. The summed E-state index contributed by atoms with van der Waals surface area (Å²) < 4.78 is 30.3. The number of hydrogen-bond acceptors (Lipinski definition) is 6. The van der Waals surface area contributed by atoms with Crippen molar-refractivity contribution in [1.29, 1.82) is 0 Å². The molecule has 5 N–H and O–H groups in total.